The SMILES string of the molecule is CC(O)CC(=O)CC1([SiH3])CCCCO1. The van der Waals surface area contributed by atoms with Gasteiger partial charge in [-0.05, 0) is 26.2 Å². The summed E-state index contributed by atoms with van der Waals surface area (Å²) in [6, 6.07) is 0. The third kappa shape index (κ3) is 3.90. The molecule has 3 nitrogen and oxygen atoms in total. The fourth-order valence-electron chi connectivity index (χ4n) is 1.95. The van der Waals surface area contributed by atoms with Gasteiger partial charge in [-0.3, -0.25) is 4.79 Å². The Balaban J connectivity index is 2.37. The molecule has 0 radical (unpaired) electrons. The van der Waals surface area contributed by atoms with Crippen LogP contribution in [-0.2, 0) is 9.53 Å². The second-order valence-electron chi connectivity index (χ2n) is 4.52. The molecule has 0 aliphatic carbocycles. The van der Waals surface area contributed by atoms with Crippen LogP contribution in [0.4, 0.5) is 0 Å². The molecule has 14 heavy (non-hydrogen) atoms. The summed E-state index contributed by atoms with van der Waals surface area (Å²) in [5.41, 5.74) is 0. The van der Waals surface area contributed by atoms with Crippen molar-refractivity contribution < 1.29 is 14.6 Å². The fourth-order valence-corrected chi connectivity index (χ4v) is 2.90. The third-order valence-electron chi connectivity index (χ3n) is 2.64. The zero-order valence-electron chi connectivity index (χ0n) is 9.08. The number of aliphatic hydroxyl groups excluding tert-OH is 1. The molecule has 0 aromatic rings. The van der Waals surface area contributed by atoms with Crippen molar-refractivity contribution in [1.29, 1.82) is 0 Å². The number of hydrogen-bond acceptors (Lipinski definition) is 3. The Morgan fingerprint density at radius 3 is 2.86 bits per heavy atom. The Hall–Kier alpha value is -0.193. The van der Waals surface area contributed by atoms with Crippen LogP contribution in [0.1, 0.15) is 39.0 Å². The van der Waals surface area contributed by atoms with Crippen molar-refractivity contribution in [3.05, 3.63) is 0 Å². The van der Waals surface area contributed by atoms with Crippen molar-refractivity contribution >= 4 is 16.0 Å². The molecule has 82 valence electrons. The van der Waals surface area contributed by atoms with Gasteiger partial charge >= 0.3 is 0 Å². The number of rotatable bonds is 4. The average molecular weight is 216 g/mol. The summed E-state index contributed by atoms with van der Waals surface area (Å²) in [4.78, 5) is 11.5. The van der Waals surface area contributed by atoms with E-state index in [0.717, 1.165) is 29.7 Å². The number of aliphatic hydroxyl groups is 1. The largest absolute Gasteiger partial charge is 0.393 e. The number of ether oxygens (including phenoxy) is 1. The van der Waals surface area contributed by atoms with Crippen molar-refractivity contribution in [2.45, 2.75) is 50.4 Å². The summed E-state index contributed by atoms with van der Waals surface area (Å²) in [5, 5.41) is 8.95. The molecule has 1 heterocycles. The van der Waals surface area contributed by atoms with E-state index in [9.17, 15) is 4.79 Å². The van der Waals surface area contributed by atoms with Gasteiger partial charge in [0, 0.05) is 29.7 Å². The quantitative estimate of drug-likeness (QED) is 0.672. The highest BCUT2D eigenvalue weighted by molar-refractivity contribution is 6.16. The molecule has 1 fully saturated rings. The molecular weight excluding hydrogens is 196 g/mol. The van der Waals surface area contributed by atoms with Gasteiger partial charge in [0.05, 0.1) is 11.3 Å². The van der Waals surface area contributed by atoms with Gasteiger partial charge in [0.1, 0.15) is 5.78 Å². The Bertz CT molecular complexity index is 198. The van der Waals surface area contributed by atoms with Crippen molar-refractivity contribution in [2.75, 3.05) is 6.61 Å². The average Bonchev–Trinajstić information content (AvgIpc) is 2.02. The molecule has 1 saturated heterocycles. The van der Waals surface area contributed by atoms with Gasteiger partial charge in [-0.15, -0.1) is 0 Å². The lowest BCUT2D eigenvalue weighted by atomic mass is 10.0. The fraction of sp³-hybridized carbons (Fsp3) is 0.900. The van der Waals surface area contributed by atoms with Crippen LogP contribution in [0, 0.1) is 0 Å². The van der Waals surface area contributed by atoms with Gasteiger partial charge in [0.2, 0.25) is 0 Å². The maximum atomic E-state index is 11.5. The van der Waals surface area contributed by atoms with Gasteiger partial charge in [-0.25, -0.2) is 0 Å². The van der Waals surface area contributed by atoms with E-state index in [2.05, 4.69) is 0 Å². The molecule has 0 amide bonds. The van der Waals surface area contributed by atoms with Crippen molar-refractivity contribution in [3.63, 3.8) is 0 Å². The Labute approximate surface area is 88.3 Å². The summed E-state index contributed by atoms with van der Waals surface area (Å²) in [6.45, 7) is 2.45. The second kappa shape index (κ2) is 5.05. The molecule has 1 rings (SSSR count). The molecular formula is C10H20O3Si. The van der Waals surface area contributed by atoms with Gasteiger partial charge < -0.3 is 9.84 Å². The monoisotopic (exact) mass is 216 g/mol. The smallest absolute Gasteiger partial charge is 0.137 e. The molecule has 0 aromatic carbocycles. The van der Waals surface area contributed by atoms with E-state index >= 15 is 0 Å². The zero-order valence-corrected chi connectivity index (χ0v) is 11.1. The molecule has 1 aliphatic heterocycles. The first-order chi connectivity index (χ1) is 6.52. The normalized spacial score (nSPS) is 30.1. The molecule has 0 saturated carbocycles. The van der Waals surface area contributed by atoms with E-state index in [4.69, 9.17) is 9.84 Å². The third-order valence-corrected chi connectivity index (χ3v) is 3.79. The van der Waals surface area contributed by atoms with Crippen molar-refractivity contribution in [1.82, 2.24) is 0 Å². The number of carbonyl (C=O) groups is 1. The highest BCUT2D eigenvalue weighted by Crippen LogP contribution is 2.25. The number of hydrogen-bond donors (Lipinski definition) is 1. The first-order valence-electron chi connectivity index (χ1n) is 5.35. The molecule has 0 spiro atoms. The maximum Gasteiger partial charge on any atom is 0.137 e. The minimum absolute atomic E-state index is 0.135. The van der Waals surface area contributed by atoms with E-state index in [-0.39, 0.29) is 17.4 Å². The lowest BCUT2D eigenvalue weighted by molar-refractivity contribution is -0.126. The van der Waals surface area contributed by atoms with Crippen LogP contribution in [-0.4, -0.2) is 39.1 Å². The van der Waals surface area contributed by atoms with Crippen LogP contribution in [0.15, 0.2) is 0 Å². The molecule has 0 bridgehead atoms. The van der Waals surface area contributed by atoms with E-state index in [1.807, 2.05) is 0 Å². The van der Waals surface area contributed by atoms with E-state index in [1.54, 1.807) is 6.92 Å². The standard InChI is InChI=1S/C10H20O3Si/c1-8(11)6-9(12)7-10(14)4-2-3-5-13-10/h8,11H,2-7H2,1,14H3. The summed E-state index contributed by atoms with van der Waals surface area (Å²) < 4.78 is 5.68. The van der Waals surface area contributed by atoms with Crippen LogP contribution >= 0.6 is 0 Å². The summed E-state index contributed by atoms with van der Waals surface area (Å²) in [5.74, 6) is 0.136. The Morgan fingerprint density at radius 2 is 2.36 bits per heavy atom. The zero-order chi connectivity index (χ0) is 10.6. The first-order valence-corrected chi connectivity index (χ1v) is 6.35. The molecule has 4 heteroatoms. The lowest BCUT2D eigenvalue weighted by Crippen LogP contribution is -2.39. The van der Waals surface area contributed by atoms with Crippen molar-refractivity contribution in [3.8, 4) is 0 Å². The van der Waals surface area contributed by atoms with Crippen LogP contribution in [0.3, 0.4) is 0 Å². The number of ketones is 1. The molecule has 1 aliphatic rings. The first kappa shape index (κ1) is 11.9. The molecule has 1 N–H and O–H groups in total. The van der Waals surface area contributed by atoms with E-state index in [0.29, 0.717) is 6.42 Å². The van der Waals surface area contributed by atoms with Gasteiger partial charge in [-0.1, -0.05) is 0 Å². The van der Waals surface area contributed by atoms with Crippen molar-refractivity contribution in [2.24, 2.45) is 0 Å². The predicted octanol–water partition coefficient (Wildman–Crippen LogP) is -0.0213. The Kier molecular flexibility index (Phi) is 4.28. The minimum atomic E-state index is -0.517. The second-order valence-corrected chi connectivity index (χ2v) is 6.35. The minimum Gasteiger partial charge on any atom is -0.393 e. The Morgan fingerprint density at radius 1 is 1.64 bits per heavy atom. The van der Waals surface area contributed by atoms with Gasteiger partial charge in [-0.2, -0.15) is 0 Å². The van der Waals surface area contributed by atoms with Crippen LogP contribution in [0.2, 0.25) is 0 Å². The summed E-state index contributed by atoms with van der Waals surface area (Å²) >= 11 is 0. The van der Waals surface area contributed by atoms with E-state index in [1.165, 1.54) is 6.42 Å². The molecule has 0 aromatic heterocycles. The van der Waals surface area contributed by atoms with Crippen LogP contribution in [0.5, 0.6) is 0 Å². The predicted molar refractivity (Wildman–Crippen MR) is 58.4 cm³/mol. The van der Waals surface area contributed by atoms with Gasteiger partial charge in [0.15, 0.2) is 0 Å². The highest BCUT2D eigenvalue weighted by atomic mass is 28.1. The highest BCUT2D eigenvalue weighted by Gasteiger charge is 2.30. The van der Waals surface area contributed by atoms with Crippen LogP contribution in [0.25, 0.3) is 0 Å². The van der Waals surface area contributed by atoms with E-state index < -0.39 is 6.10 Å². The van der Waals surface area contributed by atoms with Crippen LogP contribution < -0.4 is 0 Å². The molecule has 2 unspecified atom stereocenters. The number of Topliss-reactive ketones (excluding diaryl/α,β-unsaturated/α-hetero) is 1. The van der Waals surface area contributed by atoms with Gasteiger partial charge in [0.25, 0.3) is 0 Å². The topological polar surface area (TPSA) is 46.5 Å². The molecule has 2 atom stereocenters. The maximum absolute atomic E-state index is 11.5. The number of carbonyl (C=O) groups excluding carboxylic acids is 1. The lowest BCUT2D eigenvalue weighted by Gasteiger charge is -2.33. The summed E-state index contributed by atoms with van der Waals surface area (Å²) in [6.07, 6.45) is 3.57. The summed E-state index contributed by atoms with van der Waals surface area (Å²) in [7, 11) is 0.904.